The highest BCUT2D eigenvalue weighted by Crippen LogP contribution is 2.44. The van der Waals surface area contributed by atoms with E-state index in [1.54, 1.807) is 6.07 Å². The van der Waals surface area contributed by atoms with Crippen molar-refractivity contribution in [3.05, 3.63) is 158 Å². The smallest absolute Gasteiger partial charge is 0.145 e. The first kappa shape index (κ1) is 26.2. The molecule has 0 unspecified atom stereocenters. The van der Waals surface area contributed by atoms with Gasteiger partial charge in [0.15, 0.2) is 0 Å². The van der Waals surface area contributed by atoms with Gasteiger partial charge in [-0.1, -0.05) is 121 Å². The monoisotopic (exact) mass is 589 g/mol. The number of benzene rings is 7. The van der Waals surface area contributed by atoms with Crippen LogP contribution < -0.4 is 0 Å². The van der Waals surface area contributed by atoms with E-state index >= 15 is 0 Å². The lowest BCUT2D eigenvalue weighted by molar-refractivity contribution is 0.480. The molecular formula is C42H27N3O. The Bertz CT molecular complexity index is 2530. The lowest BCUT2D eigenvalue weighted by atomic mass is 9.87. The van der Waals surface area contributed by atoms with Crippen LogP contribution in [0.3, 0.4) is 0 Å². The Balaban J connectivity index is 1.25. The van der Waals surface area contributed by atoms with Crippen molar-refractivity contribution in [2.24, 2.45) is 0 Å². The molecule has 0 aliphatic carbocycles. The molecule has 2 heterocycles. The number of fused-ring (bicyclic) bond motifs is 4. The normalized spacial score (nSPS) is 11.6. The van der Waals surface area contributed by atoms with E-state index in [4.69, 9.17) is 9.97 Å². The average molecular weight is 590 g/mol. The third kappa shape index (κ3) is 4.08. The van der Waals surface area contributed by atoms with Crippen molar-refractivity contribution in [3.8, 4) is 45.2 Å². The number of para-hydroxylation sites is 4. The first-order valence-corrected chi connectivity index (χ1v) is 15.4. The van der Waals surface area contributed by atoms with Crippen LogP contribution in [-0.2, 0) is 0 Å². The molecule has 46 heavy (non-hydrogen) atoms. The predicted octanol–water partition coefficient (Wildman–Crippen LogP) is 10.6. The van der Waals surface area contributed by atoms with Gasteiger partial charge in [-0.3, -0.25) is 4.57 Å². The minimum Gasteiger partial charge on any atom is -0.506 e. The molecule has 9 aromatic rings. The second-order valence-corrected chi connectivity index (χ2v) is 11.6. The number of aromatic nitrogens is 3. The Labute approximate surface area is 265 Å². The van der Waals surface area contributed by atoms with Gasteiger partial charge in [-0.15, -0.1) is 0 Å². The molecule has 0 saturated heterocycles. The number of aromatic hydroxyl groups is 1. The highest BCUT2D eigenvalue weighted by Gasteiger charge is 2.19. The largest absolute Gasteiger partial charge is 0.506 e. The molecule has 9 rings (SSSR count). The fourth-order valence-electron chi connectivity index (χ4n) is 6.83. The maximum Gasteiger partial charge on any atom is 0.145 e. The van der Waals surface area contributed by atoms with Gasteiger partial charge in [0.1, 0.15) is 17.1 Å². The molecule has 0 bridgehead atoms. The summed E-state index contributed by atoms with van der Waals surface area (Å²) in [4.78, 5) is 10.1. The summed E-state index contributed by atoms with van der Waals surface area (Å²) in [5, 5.41) is 16.1. The number of nitrogens with zero attached hydrogens (tertiary/aromatic N) is 3. The molecule has 0 saturated carbocycles. The molecule has 0 aliphatic heterocycles. The zero-order valence-electron chi connectivity index (χ0n) is 24.8. The maximum absolute atomic E-state index is 10.6. The molecule has 4 heteroatoms. The van der Waals surface area contributed by atoms with Crippen LogP contribution in [0.25, 0.3) is 82.9 Å². The minimum atomic E-state index is 0.186. The van der Waals surface area contributed by atoms with E-state index in [2.05, 4.69) is 126 Å². The van der Waals surface area contributed by atoms with Crippen LogP contribution in [0.4, 0.5) is 0 Å². The van der Waals surface area contributed by atoms with Gasteiger partial charge in [0, 0.05) is 22.2 Å². The number of hydrogen-bond donors (Lipinski definition) is 1. The summed E-state index contributed by atoms with van der Waals surface area (Å²) >= 11 is 0. The molecule has 0 aliphatic rings. The number of imidazole rings is 1. The van der Waals surface area contributed by atoms with Crippen LogP contribution in [-0.4, -0.2) is 19.6 Å². The SMILES string of the molecule is Oc1cccc2ccc(-c3c4ccccc4c(-c4ccc(-c5nc6ccccc6n5-c5ccccc5)cc4)c4ccccc34)nc12. The summed E-state index contributed by atoms with van der Waals surface area (Å²) in [6, 6.07) is 54.2. The fourth-order valence-corrected chi connectivity index (χ4v) is 6.83. The van der Waals surface area contributed by atoms with Crippen LogP contribution in [0.15, 0.2) is 158 Å². The van der Waals surface area contributed by atoms with Gasteiger partial charge in [-0.05, 0) is 69.1 Å². The Morgan fingerprint density at radius 3 is 1.78 bits per heavy atom. The second-order valence-electron chi connectivity index (χ2n) is 11.6. The van der Waals surface area contributed by atoms with E-state index in [0.29, 0.717) is 5.52 Å². The topological polar surface area (TPSA) is 50.9 Å². The molecule has 0 spiro atoms. The number of pyridine rings is 1. The first-order valence-electron chi connectivity index (χ1n) is 15.4. The maximum atomic E-state index is 10.6. The van der Waals surface area contributed by atoms with Crippen LogP contribution in [0.2, 0.25) is 0 Å². The molecule has 0 radical (unpaired) electrons. The van der Waals surface area contributed by atoms with Gasteiger partial charge in [0.2, 0.25) is 0 Å². The minimum absolute atomic E-state index is 0.186. The summed E-state index contributed by atoms with van der Waals surface area (Å²) in [7, 11) is 0. The third-order valence-electron chi connectivity index (χ3n) is 8.89. The standard InChI is InChI=1S/C42H27N3O/c46-38-20-10-11-28-25-26-36(43-41(28)38)40-33-16-6-4-14-31(33)39(32-15-5-7-17-34(32)40)27-21-23-29(24-22-27)42-44-35-18-8-9-19-37(35)45(42)30-12-2-1-3-13-30/h1-26,46H. The van der Waals surface area contributed by atoms with Gasteiger partial charge in [-0.2, -0.15) is 0 Å². The second kappa shape index (κ2) is 10.4. The molecule has 2 aromatic heterocycles. The van der Waals surface area contributed by atoms with Crippen molar-refractivity contribution >= 4 is 43.5 Å². The lowest BCUT2D eigenvalue weighted by Crippen LogP contribution is -1.97. The van der Waals surface area contributed by atoms with Gasteiger partial charge in [0.05, 0.1) is 16.7 Å². The average Bonchev–Trinajstić information content (AvgIpc) is 3.51. The fraction of sp³-hybridized carbons (Fsp3) is 0. The Kier molecular flexibility index (Phi) is 5.93. The van der Waals surface area contributed by atoms with Crippen molar-refractivity contribution in [2.75, 3.05) is 0 Å². The van der Waals surface area contributed by atoms with E-state index in [1.165, 1.54) is 5.56 Å². The van der Waals surface area contributed by atoms with Crippen LogP contribution in [0.1, 0.15) is 0 Å². The summed E-state index contributed by atoms with van der Waals surface area (Å²) in [6.45, 7) is 0. The van der Waals surface area contributed by atoms with Crippen molar-refractivity contribution < 1.29 is 5.11 Å². The summed E-state index contributed by atoms with van der Waals surface area (Å²) in [6.07, 6.45) is 0. The van der Waals surface area contributed by atoms with Crippen molar-refractivity contribution in [2.45, 2.75) is 0 Å². The van der Waals surface area contributed by atoms with Crippen molar-refractivity contribution in [3.63, 3.8) is 0 Å². The zero-order valence-corrected chi connectivity index (χ0v) is 24.8. The predicted molar refractivity (Wildman–Crippen MR) is 189 cm³/mol. The third-order valence-corrected chi connectivity index (χ3v) is 8.89. The summed E-state index contributed by atoms with van der Waals surface area (Å²) in [5.41, 5.74) is 9.00. The van der Waals surface area contributed by atoms with E-state index < -0.39 is 0 Å². The molecule has 0 amide bonds. The van der Waals surface area contributed by atoms with Crippen molar-refractivity contribution in [1.29, 1.82) is 0 Å². The Hall–Kier alpha value is -6.26. The highest BCUT2D eigenvalue weighted by atomic mass is 16.3. The van der Waals surface area contributed by atoms with E-state index in [9.17, 15) is 5.11 Å². The Morgan fingerprint density at radius 2 is 1.07 bits per heavy atom. The molecule has 4 nitrogen and oxygen atoms in total. The number of hydrogen-bond acceptors (Lipinski definition) is 3. The molecule has 7 aromatic carbocycles. The molecule has 0 atom stereocenters. The van der Waals surface area contributed by atoms with E-state index in [-0.39, 0.29) is 5.75 Å². The van der Waals surface area contributed by atoms with Crippen LogP contribution in [0, 0.1) is 0 Å². The quantitative estimate of drug-likeness (QED) is 0.208. The lowest BCUT2D eigenvalue weighted by Gasteiger charge is -2.18. The zero-order chi connectivity index (χ0) is 30.6. The van der Waals surface area contributed by atoms with E-state index in [0.717, 1.165) is 71.9 Å². The van der Waals surface area contributed by atoms with Crippen LogP contribution >= 0.6 is 0 Å². The van der Waals surface area contributed by atoms with Gasteiger partial charge in [0.25, 0.3) is 0 Å². The molecule has 0 fully saturated rings. The van der Waals surface area contributed by atoms with E-state index in [1.807, 2.05) is 30.3 Å². The van der Waals surface area contributed by atoms with Gasteiger partial charge < -0.3 is 5.11 Å². The molecule has 1 N–H and O–H groups in total. The number of phenols is 1. The molecule has 216 valence electrons. The molecular weight excluding hydrogens is 562 g/mol. The summed E-state index contributed by atoms with van der Waals surface area (Å²) < 4.78 is 2.23. The highest BCUT2D eigenvalue weighted by molar-refractivity contribution is 6.21. The van der Waals surface area contributed by atoms with Crippen LogP contribution in [0.5, 0.6) is 5.75 Å². The number of rotatable bonds is 4. The summed E-state index contributed by atoms with van der Waals surface area (Å²) in [5.74, 6) is 1.10. The number of phenolic OH excluding ortho intramolecular Hbond substituents is 1. The van der Waals surface area contributed by atoms with Gasteiger partial charge >= 0.3 is 0 Å². The van der Waals surface area contributed by atoms with Crippen molar-refractivity contribution in [1.82, 2.24) is 14.5 Å². The van der Waals surface area contributed by atoms with Gasteiger partial charge in [-0.25, -0.2) is 9.97 Å². The first-order chi connectivity index (χ1) is 22.7. The Morgan fingerprint density at radius 1 is 0.457 bits per heavy atom.